The van der Waals surface area contributed by atoms with Crippen LogP contribution in [0.1, 0.15) is 39.3 Å². The van der Waals surface area contributed by atoms with Gasteiger partial charge in [0, 0.05) is 58.0 Å². The van der Waals surface area contributed by atoms with E-state index < -0.39 is 0 Å². The lowest BCUT2D eigenvalue weighted by Crippen LogP contribution is -2.54. The van der Waals surface area contributed by atoms with Crippen LogP contribution in [0.3, 0.4) is 0 Å². The number of piperazine rings is 1. The molecule has 1 atom stereocenters. The summed E-state index contributed by atoms with van der Waals surface area (Å²) in [5.41, 5.74) is 1.14. The Labute approximate surface area is 216 Å². The Morgan fingerprint density at radius 2 is 1.82 bits per heavy atom. The summed E-state index contributed by atoms with van der Waals surface area (Å²) in [6.45, 7) is 15.1. The molecule has 1 amide bonds. The van der Waals surface area contributed by atoms with E-state index in [4.69, 9.17) is 9.73 Å². The molecule has 0 spiro atoms. The van der Waals surface area contributed by atoms with Gasteiger partial charge in [-0.15, -0.1) is 24.0 Å². The smallest absolute Gasteiger partial charge is 0.234 e. The molecule has 1 aliphatic heterocycles. The van der Waals surface area contributed by atoms with E-state index in [0.717, 1.165) is 38.7 Å². The van der Waals surface area contributed by atoms with Crippen LogP contribution in [0.2, 0.25) is 0 Å². The van der Waals surface area contributed by atoms with Crippen LogP contribution in [0.25, 0.3) is 0 Å². The average molecular weight is 575 g/mol. The second-order valence-electron chi connectivity index (χ2n) is 8.94. The maximum absolute atomic E-state index is 12.0. The van der Waals surface area contributed by atoms with Gasteiger partial charge in [0.2, 0.25) is 5.91 Å². The van der Waals surface area contributed by atoms with Crippen molar-refractivity contribution in [1.82, 2.24) is 25.8 Å². The monoisotopic (exact) mass is 574 g/mol. The lowest BCUT2D eigenvalue weighted by Gasteiger charge is -2.37. The summed E-state index contributed by atoms with van der Waals surface area (Å²) in [4.78, 5) is 21.5. The lowest BCUT2D eigenvalue weighted by atomic mass is 10.0. The molecule has 188 valence electrons. The second-order valence-corrected chi connectivity index (χ2v) is 8.94. The molecule has 1 fully saturated rings. The molecule has 3 N–H and O–H groups in total. The van der Waals surface area contributed by atoms with Crippen LogP contribution in [-0.2, 0) is 9.53 Å². The largest absolute Gasteiger partial charge is 0.383 e. The SMILES string of the molecule is CCNC(=NCC(C)(C)NC(C)c1ccccc1)N1CCN(CC(=O)NCCOC)CC1.I. The van der Waals surface area contributed by atoms with Crippen molar-refractivity contribution in [3.05, 3.63) is 35.9 Å². The van der Waals surface area contributed by atoms with Gasteiger partial charge in [-0.05, 0) is 33.3 Å². The maximum Gasteiger partial charge on any atom is 0.234 e. The number of guanidine groups is 1. The normalized spacial score (nSPS) is 16.2. The Hall–Kier alpha value is -1.43. The first-order valence-corrected chi connectivity index (χ1v) is 11.7. The molecule has 33 heavy (non-hydrogen) atoms. The Morgan fingerprint density at radius 3 is 2.42 bits per heavy atom. The quantitative estimate of drug-likeness (QED) is 0.163. The van der Waals surface area contributed by atoms with Crippen LogP contribution in [0, 0.1) is 0 Å². The zero-order valence-electron chi connectivity index (χ0n) is 20.9. The minimum Gasteiger partial charge on any atom is -0.383 e. The van der Waals surface area contributed by atoms with Gasteiger partial charge in [-0.1, -0.05) is 30.3 Å². The van der Waals surface area contributed by atoms with Gasteiger partial charge in [-0.2, -0.15) is 0 Å². The maximum atomic E-state index is 12.0. The first kappa shape index (κ1) is 29.6. The van der Waals surface area contributed by atoms with Crippen molar-refractivity contribution in [2.24, 2.45) is 4.99 Å². The van der Waals surface area contributed by atoms with E-state index in [1.165, 1.54) is 5.56 Å². The van der Waals surface area contributed by atoms with Gasteiger partial charge < -0.3 is 25.6 Å². The van der Waals surface area contributed by atoms with Crippen molar-refractivity contribution in [2.45, 2.75) is 39.3 Å². The topological polar surface area (TPSA) is 81.2 Å². The molecule has 9 heteroatoms. The summed E-state index contributed by atoms with van der Waals surface area (Å²) in [5.74, 6) is 0.996. The number of aliphatic imine (C=N–C) groups is 1. The van der Waals surface area contributed by atoms with Crippen LogP contribution in [0.4, 0.5) is 0 Å². The Bertz CT molecular complexity index is 708. The van der Waals surface area contributed by atoms with Gasteiger partial charge in [-0.3, -0.25) is 14.7 Å². The third kappa shape index (κ3) is 11.0. The van der Waals surface area contributed by atoms with E-state index >= 15 is 0 Å². The molecule has 0 saturated carbocycles. The van der Waals surface area contributed by atoms with Crippen LogP contribution in [0.5, 0.6) is 0 Å². The fourth-order valence-electron chi connectivity index (χ4n) is 3.82. The number of methoxy groups -OCH3 is 1. The Morgan fingerprint density at radius 1 is 1.15 bits per heavy atom. The summed E-state index contributed by atoms with van der Waals surface area (Å²) < 4.78 is 4.98. The van der Waals surface area contributed by atoms with Gasteiger partial charge in [0.05, 0.1) is 19.7 Å². The van der Waals surface area contributed by atoms with E-state index in [0.29, 0.717) is 26.2 Å². The standard InChI is InChI=1S/C24H42N6O2.HI/c1-6-25-23(27-19-24(3,4)28-20(2)21-10-8-7-9-11-21)30-15-13-29(14-16-30)18-22(31)26-12-17-32-5;/h7-11,20,28H,6,12-19H2,1-5H3,(H,25,27)(H,26,31);1H. The molecule has 1 aliphatic rings. The third-order valence-electron chi connectivity index (χ3n) is 5.53. The van der Waals surface area contributed by atoms with E-state index in [9.17, 15) is 4.79 Å². The van der Waals surface area contributed by atoms with Crippen LogP contribution in [0.15, 0.2) is 35.3 Å². The molecule has 2 rings (SSSR count). The highest BCUT2D eigenvalue weighted by atomic mass is 127. The Kier molecular flexibility index (Phi) is 13.9. The highest BCUT2D eigenvalue weighted by Gasteiger charge is 2.24. The van der Waals surface area contributed by atoms with Crippen molar-refractivity contribution >= 4 is 35.8 Å². The number of amides is 1. The molecule has 1 heterocycles. The minimum atomic E-state index is -0.141. The summed E-state index contributed by atoms with van der Waals surface area (Å²) in [6.07, 6.45) is 0. The summed E-state index contributed by atoms with van der Waals surface area (Å²) in [6, 6.07) is 10.7. The number of carbonyl (C=O) groups excluding carboxylic acids is 1. The summed E-state index contributed by atoms with van der Waals surface area (Å²) in [5, 5.41) is 10.0. The highest BCUT2D eigenvalue weighted by Crippen LogP contribution is 2.16. The van der Waals surface area contributed by atoms with E-state index in [-0.39, 0.29) is 41.5 Å². The Balaban J connectivity index is 0.00000544. The van der Waals surface area contributed by atoms with Crippen LogP contribution in [-0.4, -0.2) is 93.3 Å². The number of benzene rings is 1. The van der Waals surface area contributed by atoms with Crippen molar-refractivity contribution in [1.29, 1.82) is 0 Å². The van der Waals surface area contributed by atoms with Crippen molar-refractivity contribution in [3.63, 3.8) is 0 Å². The number of nitrogens with zero attached hydrogens (tertiary/aromatic N) is 3. The number of halogens is 1. The van der Waals surface area contributed by atoms with Gasteiger partial charge in [0.1, 0.15) is 0 Å². The van der Waals surface area contributed by atoms with Gasteiger partial charge >= 0.3 is 0 Å². The lowest BCUT2D eigenvalue weighted by molar-refractivity contribution is -0.122. The molecule has 1 aromatic rings. The average Bonchev–Trinajstić information content (AvgIpc) is 2.78. The molecule has 8 nitrogen and oxygen atoms in total. The van der Waals surface area contributed by atoms with Gasteiger partial charge in [0.25, 0.3) is 0 Å². The van der Waals surface area contributed by atoms with Crippen molar-refractivity contribution in [2.75, 3.05) is 66.1 Å². The van der Waals surface area contributed by atoms with E-state index in [1.807, 2.05) is 6.07 Å². The predicted octanol–water partition coefficient (Wildman–Crippen LogP) is 2.08. The third-order valence-corrected chi connectivity index (χ3v) is 5.53. The molecular formula is C24H43IN6O2. The van der Waals surface area contributed by atoms with E-state index in [1.54, 1.807) is 7.11 Å². The number of hydrogen-bond donors (Lipinski definition) is 3. The molecular weight excluding hydrogens is 531 g/mol. The van der Waals surface area contributed by atoms with Crippen LogP contribution >= 0.6 is 24.0 Å². The summed E-state index contributed by atoms with van der Waals surface area (Å²) >= 11 is 0. The minimum absolute atomic E-state index is 0. The van der Waals surface area contributed by atoms with Crippen molar-refractivity contribution in [3.8, 4) is 0 Å². The molecule has 1 aromatic carbocycles. The van der Waals surface area contributed by atoms with Crippen LogP contribution < -0.4 is 16.0 Å². The van der Waals surface area contributed by atoms with Gasteiger partial charge in [0.15, 0.2) is 5.96 Å². The predicted molar refractivity (Wildman–Crippen MR) is 146 cm³/mol. The summed E-state index contributed by atoms with van der Waals surface area (Å²) in [7, 11) is 1.63. The number of carbonyl (C=O) groups is 1. The number of ether oxygens (including phenoxy) is 1. The fraction of sp³-hybridized carbons (Fsp3) is 0.667. The van der Waals surface area contributed by atoms with E-state index in [2.05, 4.69) is 77.7 Å². The zero-order chi connectivity index (χ0) is 23.4. The molecule has 0 aromatic heterocycles. The number of nitrogens with one attached hydrogen (secondary N) is 3. The van der Waals surface area contributed by atoms with Gasteiger partial charge in [-0.25, -0.2) is 0 Å². The molecule has 0 bridgehead atoms. The zero-order valence-corrected chi connectivity index (χ0v) is 23.2. The molecule has 0 radical (unpaired) electrons. The highest BCUT2D eigenvalue weighted by molar-refractivity contribution is 14.0. The molecule has 0 aliphatic carbocycles. The van der Waals surface area contributed by atoms with Crippen molar-refractivity contribution < 1.29 is 9.53 Å². The number of hydrogen-bond acceptors (Lipinski definition) is 5. The molecule has 1 unspecified atom stereocenters. The first-order chi connectivity index (χ1) is 15.3. The number of rotatable bonds is 11. The second kappa shape index (κ2) is 15.5. The fourth-order valence-corrected chi connectivity index (χ4v) is 3.82. The first-order valence-electron chi connectivity index (χ1n) is 11.7. The molecule has 1 saturated heterocycles.